The smallest absolute Gasteiger partial charge is 0.138 e. The number of hydrogen-bond donors (Lipinski definition) is 1. The van der Waals surface area contributed by atoms with E-state index in [1.165, 1.54) is 37.8 Å². The van der Waals surface area contributed by atoms with Crippen molar-refractivity contribution in [3.8, 4) is 11.4 Å². The number of imidazole rings is 2. The highest BCUT2D eigenvalue weighted by Gasteiger charge is 2.19. The van der Waals surface area contributed by atoms with Gasteiger partial charge in [-0.1, -0.05) is 45.2 Å². The molecule has 4 aromatic rings. The maximum absolute atomic E-state index is 6.30. The van der Waals surface area contributed by atoms with Crippen molar-refractivity contribution in [1.29, 1.82) is 0 Å². The molecule has 5 nitrogen and oxygen atoms in total. The van der Waals surface area contributed by atoms with E-state index in [2.05, 4.69) is 47.6 Å². The SMILES string of the molecule is CC(C)c1nc2cc(-c3nc4ccccc4[nH]3)ccn2c1COC1CCCCC1. The molecule has 0 unspecified atom stereocenters. The van der Waals surface area contributed by atoms with Gasteiger partial charge in [0.2, 0.25) is 0 Å². The average molecular weight is 389 g/mol. The van der Waals surface area contributed by atoms with E-state index in [-0.39, 0.29) is 0 Å². The summed E-state index contributed by atoms with van der Waals surface area (Å²) in [6.07, 6.45) is 8.79. The van der Waals surface area contributed by atoms with Crippen molar-refractivity contribution in [2.24, 2.45) is 0 Å². The van der Waals surface area contributed by atoms with Crippen molar-refractivity contribution in [3.63, 3.8) is 0 Å². The molecule has 1 saturated carbocycles. The Morgan fingerprint density at radius 3 is 2.72 bits per heavy atom. The zero-order chi connectivity index (χ0) is 19.8. The number of ether oxygens (including phenoxy) is 1. The summed E-state index contributed by atoms with van der Waals surface area (Å²) in [5.74, 6) is 1.23. The first-order valence-corrected chi connectivity index (χ1v) is 10.8. The van der Waals surface area contributed by atoms with E-state index in [4.69, 9.17) is 14.7 Å². The van der Waals surface area contributed by atoms with E-state index in [9.17, 15) is 0 Å². The predicted molar refractivity (Wildman–Crippen MR) is 116 cm³/mol. The lowest BCUT2D eigenvalue weighted by atomic mass is 9.98. The molecule has 150 valence electrons. The average Bonchev–Trinajstić information content (AvgIpc) is 3.34. The van der Waals surface area contributed by atoms with E-state index in [1.54, 1.807) is 0 Å². The predicted octanol–water partition coefficient (Wildman–Crippen LogP) is 5.85. The maximum Gasteiger partial charge on any atom is 0.138 e. The van der Waals surface area contributed by atoms with Crippen molar-refractivity contribution in [1.82, 2.24) is 19.4 Å². The third-order valence-electron chi connectivity index (χ3n) is 5.97. The summed E-state index contributed by atoms with van der Waals surface area (Å²) < 4.78 is 8.49. The molecule has 0 atom stereocenters. The van der Waals surface area contributed by atoms with Crippen molar-refractivity contribution in [3.05, 3.63) is 54.0 Å². The maximum atomic E-state index is 6.30. The van der Waals surface area contributed by atoms with E-state index in [1.807, 2.05) is 18.2 Å². The Morgan fingerprint density at radius 1 is 1.10 bits per heavy atom. The summed E-state index contributed by atoms with van der Waals surface area (Å²) in [5.41, 5.74) is 6.34. The Morgan fingerprint density at radius 2 is 1.93 bits per heavy atom. The number of benzene rings is 1. The number of hydrogen-bond acceptors (Lipinski definition) is 3. The monoisotopic (exact) mass is 388 g/mol. The van der Waals surface area contributed by atoms with E-state index in [0.29, 0.717) is 18.6 Å². The van der Waals surface area contributed by atoms with Gasteiger partial charge in [-0.05, 0) is 43.0 Å². The summed E-state index contributed by atoms with van der Waals surface area (Å²) in [5, 5.41) is 0. The van der Waals surface area contributed by atoms with Crippen LogP contribution in [0.15, 0.2) is 42.6 Å². The number of para-hydroxylation sites is 2. The highest BCUT2D eigenvalue weighted by atomic mass is 16.5. The lowest BCUT2D eigenvalue weighted by Gasteiger charge is -2.22. The molecule has 1 N–H and O–H groups in total. The van der Waals surface area contributed by atoms with E-state index >= 15 is 0 Å². The molecule has 0 bridgehead atoms. The molecule has 0 amide bonds. The highest BCUT2D eigenvalue weighted by molar-refractivity contribution is 5.79. The quantitative estimate of drug-likeness (QED) is 0.466. The Kier molecular flexibility index (Phi) is 4.84. The molecule has 1 aromatic carbocycles. The molecule has 0 spiro atoms. The number of H-pyrrole nitrogens is 1. The van der Waals surface area contributed by atoms with Crippen molar-refractivity contribution < 1.29 is 4.74 Å². The van der Waals surface area contributed by atoms with Gasteiger partial charge in [0.05, 0.1) is 35.1 Å². The standard InChI is InChI=1S/C24H28N4O/c1-16(2)23-21(15-29-18-8-4-3-5-9-18)28-13-12-17(14-22(28)27-23)24-25-19-10-6-7-11-20(19)26-24/h6-7,10-14,16,18H,3-5,8-9,15H2,1-2H3,(H,25,26). The van der Waals surface area contributed by atoms with Crippen LogP contribution in [0.4, 0.5) is 0 Å². The van der Waals surface area contributed by atoms with Gasteiger partial charge < -0.3 is 14.1 Å². The molecule has 1 fully saturated rings. The first kappa shape index (κ1) is 18.4. The first-order chi connectivity index (χ1) is 14.2. The fourth-order valence-corrected chi connectivity index (χ4v) is 4.38. The van der Waals surface area contributed by atoms with Crippen LogP contribution < -0.4 is 0 Å². The largest absolute Gasteiger partial charge is 0.372 e. The lowest BCUT2D eigenvalue weighted by molar-refractivity contribution is 0.0145. The second-order valence-corrected chi connectivity index (χ2v) is 8.42. The molecule has 0 aliphatic heterocycles. The fourth-order valence-electron chi connectivity index (χ4n) is 4.38. The summed E-state index contributed by atoms with van der Waals surface area (Å²) in [7, 11) is 0. The van der Waals surface area contributed by atoms with Gasteiger partial charge in [-0.15, -0.1) is 0 Å². The van der Waals surface area contributed by atoms with Crippen LogP contribution in [0.25, 0.3) is 28.1 Å². The first-order valence-electron chi connectivity index (χ1n) is 10.8. The van der Waals surface area contributed by atoms with Crippen LogP contribution in [0.2, 0.25) is 0 Å². The Balaban J connectivity index is 1.49. The van der Waals surface area contributed by atoms with Crippen LogP contribution in [0.5, 0.6) is 0 Å². The Bertz CT molecular complexity index is 1100. The molecule has 5 rings (SSSR count). The topological polar surface area (TPSA) is 55.2 Å². The van der Waals surface area contributed by atoms with Gasteiger partial charge in [0, 0.05) is 11.8 Å². The number of nitrogens with one attached hydrogen (secondary N) is 1. The number of nitrogens with zero attached hydrogens (tertiary/aromatic N) is 3. The highest BCUT2D eigenvalue weighted by Crippen LogP contribution is 2.27. The van der Waals surface area contributed by atoms with Crippen LogP contribution in [0.1, 0.15) is 63.3 Å². The zero-order valence-electron chi connectivity index (χ0n) is 17.2. The Labute approximate surface area is 171 Å². The van der Waals surface area contributed by atoms with Gasteiger partial charge in [0.15, 0.2) is 0 Å². The van der Waals surface area contributed by atoms with Gasteiger partial charge in [-0.2, -0.15) is 0 Å². The molecular weight excluding hydrogens is 360 g/mol. The van der Waals surface area contributed by atoms with Crippen LogP contribution in [0, 0.1) is 0 Å². The molecule has 5 heteroatoms. The third-order valence-corrected chi connectivity index (χ3v) is 5.97. The second-order valence-electron chi connectivity index (χ2n) is 8.42. The number of aromatic nitrogens is 4. The summed E-state index contributed by atoms with van der Waals surface area (Å²) in [4.78, 5) is 13.1. The minimum atomic E-state index is 0.356. The summed E-state index contributed by atoms with van der Waals surface area (Å²) in [6.45, 7) is 5.03. The zero-order valence-corrected chi connectivity index (χ0v) is 17.2. The van der Waals surface area contributed by atoms with Crippen LogP contribution >= 0.6 is 0 Å². The molecule has 0 saturated heterocycles. The number of fused-ring (bicyclic) bond motifs is 2. The van der Waals surface area contributed by atoms with Crippen molar-refractivity contribution in [2.75, 3.05) is 0 Å². The molecule has 3 heterocycles. The van der Waals surface area contributed by atoms with Crippen molar-refractivity contribution >= 4 is 16.7 Å². The van der Waals surface area contributed by atoms with Gasteiger partial charge >= 0.3 is 0 Å². The van der Waals surface area contributed by atoms with Crippen molar-refractivity contribution in [2.45, 2.75) is 64.6 Å². The van der Waals surface area contributed by atoms with Crippen LogP contribution in [-0.4, -0.2) is 25.5 Å². The normalized spacial score (nSPS) is 15.7. The fraction of sp³-hybridized carbons (Fsp3) is 0.417. The van der Waals surface area contributed by atoms with Crippen LogP contribution in [0.3, 0.4) is 0 Å². The minimum absolute atomic E-state index is 0.356. The molecule has 1 aliphatic rings. The third kappa shape index (κ3) is 3.55. The number of rotatable bonds is 5. The molecule has 1 aliphatic carbocycles. The van der Waals surface area contributed by atoms with Gasteiger partial charge in [0.25, 0.3) is 0 Å². The number of aromatic amines is 1. The number of pyridine rings is 1. The summed E-state index contributed by atoms with van der Waals surface area (Å²) in [6, 6.07) is 12.3. The second kappa shape index (κ2) is 7.64. The van der Waals surface area contributed by atoms with Gasteiger partial charge in [-0.25, -0.2) is 9.97 Å². The van der Waals surface area contributed by atoms with Crippen LogP contribution in [-0.2, 0) is 11.3 Å². The Hall–Kier alpha value is -2.66. The van der Waals surface area contributed by atoms with E-state index < -0.39 is 0 Å². The molecular formula is C24H28N4O. The summed E-state index contributed by atoms with van der Waals surface area (Å²) >= 11 is 0. The molecule has 29 heavy (non-hydrogen) atoms. The molecule has 3 aromatic heterocycles. The van der Waals surface area contributed by atoms with Gasteiger partial charge in [-0.3, -0.25) is 0 Å². The minimum Gasteiger partial charge on any atom is -0.372 e. The van der Waals surface area contributed by atoms with Gasteiger partial charge in [0.1, 0.15) is 11.5 Å². The lowest BCUT2D eigenvalue weighted by Crippen LogP contribution is -2.17. The van der Waals surface area contributed by atoms with E-state index in [0.717, 1.165) is 33.8 Å². The molecule has 0 radical (unpaired) electrons.